The van der Waals surface area contributed by atoms with Gasteiger partial charge in [-0.3, -0.25) is 14.5 Å². The van der Waals surface area contributed by atoms with Crippen molar-refractivity contribution in [2.45, 2.75) is 25.7 Å². The molecule has 2 amide bonds. The summed E-state index contributed by atoms with van der Waals surface area (Å²) in [5, 5.41) is 1.97. The Bertz CT molecular complexity index is 1130. The molecule has 3 heterocycles. The van der Waals surface area contributed by atoms with Gasteiger partial charge in [0.2, 0.25) is 0 Å². The molecule has 2 aromatic carbocycles. The van der Waals surface area contributed by atoms with Crippen LogP contribution < -0.4 is 0 Å². The highest BCUT2D eigenvalue weighted by Gasteiger charge is 2.42. The van der Waals surface area contributed by atoms with Crippen molar-refractivity contribution < 1.29 is 9.59 Å². The molecule has 1 aromatic heterocycles. The molecule has 0 saturated carbocycles. The van der Waals surface area contributed by atoms with Gasteiger partial charge in [0, 0.05) is 24.5 Å². The van der Waals surface area contributed by atoms with Crippen molar-refractivity contribution in [3.05, 3.63) is 99.9 Å². The number of imide groups is 1. The van der Waals surface area contributed by atoms with E-state index in [1.165, 1.54) is 21.8 Å². The van der Waals surface area contributed by atoms with Crippen molar-refractivity contribution in [3.63, 3.8) is 0 Å². The minimum atomic E-state index is -0.153. The van der Waals surface area contributed by atoms with E-state index in [9.17, 15) is 9.59 Å². The first kappa shape index (κ1) is 21.7. The zero-order chi connectivity index (χ0) is 22.6. The highest BCUT2D eigenvalue weighted by atomic mass is 32.1. The molecule has 4 nitrogen and oxygen atoms in total. The summed E-state index contributed by atoms with van der Waals surface area (Å²) in [6.45, 7) is 2.03. The zero-order valence-electron chi connectivity index (χ0n) is 18.7. The highest BCUT2D eigenvalue weighted by Crippen LogP contribution is 2.36. The van der Waals surface area contributed by atoms with Gasteiger partial charge in [0.15, 0.2) is 0 Å². The molecule has 0 atom stereocenters. The maximum Gasteiger partial charge on any atom is 0.277 e. The molecule has 0 unspecified atom stereocenters. The third kappa shape index (κ3) is 4.64. The van der Waals surface area contributed by atoms with E-state index >= 15 is 0 Å². The van der Waals surface area contributed by atoms with Gasteiger partial charge < -0.3 is 4.90 Å². The minimum Gasteiger partial charge on any atom is -0.366 e. The van der Waals surface area contributed by atoms with Crippen molar-refractivity contribution >= 4 is 28.7 Å². The number of thiophene rings is 1. The summed E-state index contributed by atoms with van der Waals surface area (Å²) < 4.78 is 0. The average Bonchev–Trinajstić information content (AvgIpc) is 3.46. The summed E-state index contributed by atoms with van der Waals surface area (Å²) in [6.07, 6.45) is 3.80. The predicted molar refractivity (Wildman–Crippen MR) is 133 cm³/mol. The molecule has 0 spiro atoms. The Morgan fingerprint density at radius 3 is 2.09 bits per heavy atom. The molecule has 0 aliphatic carbocycles. The second-order valence-electron chi connectivity index (χ2n) is 8.82. The van der Waals surface area contributed by atoms with Gasteiger partial charge in [0.1, 0.15) is 5.70 Å². The average molecular weight is 457 g/mol. The zero-order valence-corrected chi connectivity index (χ0v) is 19.5. The lowest BCUT2D eigenvalue weighted by Gasteiger charge is -2.34. The number of amides is 2. The van der Waals surface area contributed by atoms with Crippen molar-refractivity contribution in [1.29, 1.82) is 0 Å². The molecule has 1 fully saturated rings. The number of benzene rings is 2. The summed E-state index contributed by atoms with van der Waals surface area (Å²) in [4.78, 5) is 31.5. The Balaban J connectivity index is 1.33. The summed E-state index contributed by atoms with van der Waals surface area (Å²) in [6, 6.07) is 24.5. The number of piperidine rings is 1. The summed E-state index contributed by atoms with van der Waals surface area (Å²) in [5.41, 5.74) is 3.69. The van der Waals surface area contributed by atoms with Gasteiger partial charge in [0.25, 0.3) is 11.8 Å². The fraction of sp³-hybridized carbons (Fsp3) is 0.286. The minimum absolute atomic E-state index is 0.138. The summed E-state index contributed by atoms with van der Waals surface area (Å²) in [5.74, 6) is 0.316. The molecule has 168 valence electrons. The van der Waals surface area contributed by atoms with Gasteiger partial charge in [-0.1, -0.05) is 66.7 Å². The number of carbonyl (C=O) groups is 2. The van der Waals surface area contributed by atoms with Gasteiger partial charge in [-0.25, -0.2) is 0 Å². The van der Waals surface area contributed by atoms with E-state index in [-0.39, 0.29) is 11.8 Å². The van der Waals surface area contributed by atoms with Crippen LogP contribution >= 0.6 is 11.3 Å². The largest absolute Gasteiger partial charge is 0.366 e. The molecule has 0 N–H and O–H groups in total. The van der Waals surface area contributed by atoms with Crippen LogP contribution in [0.3, 0.4) is 0 Å². The Labute approximate surface area is 199 Å². The van der Waals surface area contributed by atoms with Gasteiger partial charge in [-0.2, -0.15) is 0 Å². The highest BCUT2D eigenvalue weighted by molar-refractivity contribution is 7.11. The SMILES string of the molecule is O=C1C(c2cccs2)=C(N2CCC(Cc3ccccc3)CC2)C(=O)N1CCc1ccccc1. The van der Waals surface area contributed by atoms with E-state index in [4.69, 9.17) is 0 Å². The Morgan fingerprint density at radius 1 is 0.788 bits per heavy atom. The van der Waals surface area contributed by atoms with E-state index in [0.717, 1.165) is 42.8 Å². The number of hydrogen-bond acceptors (Lipinski definition) is 4. The summed E-state index contributed by atoms with van der Waals surface area (Å²) >= 11 is 1.53. The first-order valence-electron chi connectivity index (χ1n) is 11.7. The molecule has 5 rings (SSSR count). The third-order valence-corrected chi connectivity index (χ3v) is 7.56. The number of likely N-dealkylation sites (tertiary alicyclic amines) is 1. The predicted octanol–water partition coefficient (Wildman–Crippen LogP) is 5.03. The van der Waals surface area contributed by atoms with Crippen LogP contribution in [-0.2, 0) is 22.4 Å². The first-order chi connectivity index (χ1) is 16.2. The Morgan fingerprint density at radius 2 is 1.45 bits per heavy atom. The standard InChI is InChI=1S/C28H28N2O2S/c31-27-25(24-12-7-19-33-24)26(28(32)30(27)18-15-21-8-3-1-4-9-21)29-16-13-23(14-17-29)20-22-10-5-2-6-11-22/h1-12,19,23H,13-18,20H2. The number of carbonyl (C=O) groups excluding carboxylic acids is 2. The molecule has 33 heavy (non-hydrogen) atoms. The topological polar surface area (TPSA) is 40.6 Å². The van der Waals surface area contributed by atoms with Crippen molar-refractivity contribution in [1.82, 2.24) is 9.80 Å². The van der Waals surface area contributed by atoms with Gasteiger partial charge in [-0.05, 0) is 54.2 Å². The van der Waals surface area contributed by atoms with Crippen LogP contribution in [0.25, 0.3) is 5.57 Å². The first-order valence-corrected chi connectivity index (χ1v) is 12.6. The second-order valence-corrected chi connectivity index (χ2v) is 9.77. The van der Waals surface area contributed by atoms with Gasteiger partial charge in [-0.15, -0.1) is 11.3 Å². The monoisotopic (exact) mass is 456 g/mol. The molecular formula is C28H28N2O2S. The van der Waals surface area contributed by atoms with Crippen molar-refractivity contribution in [3.8, 4) is 0 Å². The van der Waals surface area contributed by atoms with Crippen LogP contribution in [0.1, 0.15) is 28.8 Å². The molecule has 1 saturated heterocycles. The van der Waals surface area contributed by atoms with Crippen LogP contribution in [0, 0.1) is 5.92 Å². The van der Waals surface area contributed by atoms with E-state index < -0.39 is 0 Å². The maximum atomic E-state index is 13.5. The molecule has 0 bridgehead atoms. The smallest absolute Gasteiger partial charge is 0.277 e. The lowest BCUT2D eigenvalue weighted by Crippen LogP contribution is -2.39. The van der Waals surface area contributed by atoms with Gasteiger partial charge >= 0.3 is 0 Å². The van der Waals surface area contributed by atoms with E-state index in [2.05, 4.69) is 35.2 Å². The van der Waals surface area contributed by atoms with Crippen LogP contribution in [0.2, 0.25) is 0 Å². The van der Waals surface area contributed by atoms with E-state index in [1.807, 2.05) is 47.8 Å². The molecule has 5 heteroatoms. The van der Waals surface area contributed by atoms with E-state index in [0.29, 0.717) is 30.2 Å². The van der Waals surface area contributed by atoms with Crippen LogP contribution in [0.5, 0.6) is 0 Å². The Hall–Kier alpha value is -3.18. The number of nitrogens with zero attached hydrogens (tertiary/aromatic N) is 2. The summed E-state index contributed by atoms with van der Waals surface area (Å²) in [7, 11) is 0. The van der Waals surface area contributed by atoms with E-state index in [1.54, 1.807) is 0 Å². The fourth-order valence-electron chi connectivity index (χ4n) is 4.90. The number of rotatable bonds is 7. The molecule has 2 aliphatic heterocycles. The molecular weight excluding hydrogens is 428 g/mol. The third-order valence-electron chi connectivity index (χ3n) is 6.68. The molecule has 2 aliphatic rings. The van der Waals surface area contributed by atoms with Crippen LogP contribution in [-0.4, -0.2) is 41.2 Å². The van der Waals surface area contributed by atoms with Crippen molar-refractivity contribution in [2.24, 2.45) is 5.92 Å². The van der Waals surface area contributed by atoms with Crippen LogP contribution in [0.4, 0.5) is 0 Å². The maximum absolute atomic E-state index is 13.5. The number of hydrogen-bond donors (Lipinski definition) is 0. The molecule has 3 aromatic rings. The molecule has 0 radical (unpaired) electrons. The quantitative estimate of drug-likeness (QED) is 0.469. The van der Waals surface area contributed by atoms with Crippen LogP contribution in [0.15, 0.2) is 83.9 Å². The lowest BCUT2D eigenvalue weighted by atomic mass is 9.90. The van der Waals surface area contributed by atoms with Gasteiger partial charge in [0.05, 0.1) is 5.57 Å². The Kier molecular flexibility index (Phi) is 6.40. The lowest BCUT2D eigenvalue weighted by molar-refractivity contribution is -0.137. The fourth-order valence-corrected chi connectivity index (χ4v) is 5.66. The van der Waals surface area contributed by atoms with Crippen molar-refractivity contribution in [2.75, 3.05) is 19.6 Å². The second kappa shape index (κ2) is 9.75. The normalized spacial score (nSPS) is 17.3.